The van der Waals surface area contributed by atoms with Crippen LogP contribution in [0.5, 0.6) is 0 Å². The van der Waals surface area contributed by atoms with Gasteiger partial charge < -0.3 is 9.79 Å². The molecule has 0 unspecified atom stereocenters. The van der Waals surface area contributed by atoms with E-state index in [0.717, 1.165) is 11.1 Å². The van der Waals surface area contributed by atoms with Crippen LogP contribution >= 0.6 is 7.82 Å². The summed E-state index contributed by atoms with van der Waals surface area (Å²) >= 11 is 0. The van der Waals surface area contributed by atoms with E-state index in [9.17, 15) is 14.4 Å². The molecular formula is C25H29O4P. The molecule has 0 radical (unpaired) electrons. The maximum Gasteiger partial charge on any atom is 0.471 e. The predicted octanol–water partition coefficient (Wildman–Crippen LogP) is 6.33. The molecule has 0 aliphatic heterocycles. The quantitative estimate of drug-likeness (QED) is 0.343. The Hall–Kier alpha value is -2.23. The molecule has 0 aliphatic rings. The highest BCUT2D eigenvalue weighted by molar-refractivity contribution is 7.46. The van der Waals surface area contributed by atoms with Gasteiger partial charge in [-0.3, -0.25) is 4.52 Å². The zero-order valence-electron chi connectivity index (χ0n) is 17.8. The summed E-state index contributed by atoms with van der Waals surface area (Å²) in [5, 5.41) is 0. The van der Waals surface area contributed by atoms with Crippen LogP contribution in [-0.4, -0.2) is 9.79 Å². The van der Waals surface area contributed by atoms with Crippen LogP contribution < -0.4 is 0 Å². The SMILES string of the molecule is CC(C)c1ccc(C(OP(=O)(O)O)(c2ccccc2)c2ccc(C(C)C)cc2)cc1. The van der Waals surface area contributed by atoms with Crippen molar-refractivity contribution >= 4 is 7.82 Å². The average Bonchev–Trinajstić information content (AvgIpc) is 2.72. The van der Waals surface area contributed by atoms with Crippen molar-refractivity contribution in [1.29, 1.82) is 0 Å². The van der Waals surface area contributed by atoms with Crippen LogP contribution in [0.15, 0.2) is 78.9 Å². The Morgan fingerprint density at radius 2 is 1.03 bits per heavy atom. The van der Waals surface area contributed by atoms with E-state index in [4.69, 9.17) is 4.52 Å². The van der Waals surface area contributed by atoms with Crippen molar-refractivity contribution in [3.8, 4) is 0 Å². The highest BCUT2D eigenvalue weighted by Crippen LogP contribution is 2.52. The van der Waals surface area contributed by atoms with E-state index in [-0.39, 0.29) is 0 Å². The minimum atomic E-state index is -4.85. The van der Waals surface area contributed by atoms with Crippen molar-refractivity contribution in [3.05, 3.63) is 107 Å². The minimum absolute atomic E-state index is 0.346. The van der Waals surface area contributed by atoms with Crippen LogP contribution in [0.25, 0.3) is 0 Å². The normalized spacial score (nSPS) is 12.5. The highest BCUT2D eigenvalue weighted by atomic mass is 31.2. The van der Waals surface area contributed by atoms with Crippen molar-refractivity contribution in [2.75, 3.05) is 0 Å². The monoisotopic (exact) mass is 424 g/mol. The van der Waals surface area contributed by atoms with Crippen molar-refractivity contribution in [3.63, 3.8) is 0 Å². The molecular weight excluding hydrogens is 395 g/mol. The second kappa shape index (κ2) is 8.87. The van der Waals surface area contributed by atoms with E-state index >= 15 is 0 Å². The maximum atomic E-state index is 12.2. The van der Waals surface area contributed by atoms with Gasteiger partial charge in [0.2, 0.25) is 0 Å². The number of rotatable bonds is 7. The minimum Gasteiger partial charge on any atom is -0.303 e. The molecule has 30 heavy (non-hydrogen) atoms. The standard InChI is InChI=1S/C25H29O4P/c1-18(2)20-10-14-23(15-11-20)25(29-30(26,27)28,22-8-6-5-7-9-22)24-16-12-21(13-17-24)19(3)4/h5-19H,1-4H3,(H2,26,27,28). The summed E-state index contributed by atoms with van der Waals surface area (Å²) in [4.78, 5) is 19.8. The van der Waals surface area contributed by atoms with Crippen molar-refractivity contribution in [2.45, 2.75) is 45.1 Å². The molecule has 0 atom stereocenters. The Morgan fingerprint density at radius 3 is 1.37 bits per heavy atom. The molecule has 0 amide bonds. The van der Waals surface area contributed by atoms with Gasteiger partial charge in [-0.1, -0.05) is 107 Å². The van der Waals surface area contributed by atoms with Gasteiger partial charge in [0.1, 0.15) is 0 Å². The van der Waals surface area contributed by atoms with Gasteiger partial charge >= 0.3 is 7.82 Å². The van der Waals surface area contributed by atoms with E-state index < -0.39 is 13.4 Å². The van der Waals surface area contributed by atoms with Crippen molar-refractivity contribution in [2.24, 2.45) is 0 Å². The first-order valence-electron chi connectivity index (χ1n) is 10.2. The molecule has 0 heterocycles. The molecule has 0 saturated heterocycles. The van der Waals surface area contributed by atoms with Crippen LogP contribution in [0, 0.1) is 0 Å². The predicted molar refractivity (Wildman–Crippen MR) is 121 cm³/mol. The Labute approximate surface area is 178 Å². The number of phosphoric acid groups is 1. The third-order valence-corrected chi connectivity index (χ3v) is 5.92. The molecule has 5 heteroatoms. The molecule has 0 bridgehead atoms. The zero-order valence-corrected chi connectivity index (χ0v) is 18.7. The summed E-state index contributed by atoms with van der Waals surface area (Å²) < 4.78 is 17.8. The Morgan fingerprint density at radius 1 is 0.667 bits per heavy atom. The lowest BCUT2D eigenvalue weighted by Gasteiger charge is -2.35. The summed E-state index contributed by atoms with van der Waals surface area (Å²) in [6.07, 6.45) is 0. The molecule has 2 N–H and O–H groups in total. The molecule has 3 aromatic carbocycles. The van der Waals surface area contributed by atoms with Gasteiger partial charge in [-0.25, -0.2) is 4.57 Å². The molecule has 4 nitrogen and oxygen atoms in total. The van der Waals surface area contributed by atoms with E-state index in [1.54, 1.807) is 0 Å². The van der Waals surface area contributed by atoms with Crippen molar-refractivity contribution in [1.82, 2.24) is 0 Å². The fourth-order valence-corrected chi connectivity index (χ4v) is 4.39. The molecule has 158 valence electrons. The number of benzene rings is 3. The third-order valence-electron chi connectivity index (χ3n) is 5.40. The fourth-order valence-electron chi connectivity index (χ4n) is 3.71. The Balaban J connectivity index is 2.30. The molecule has 0 aliphatic carbocycles. The second-order valence-electron chi connectivity index (χ2n) is 8.18. The van der Waals surface area contributed by atoms with Crippen LogP contribution in [0.3, 0.4) is 0 Å². The first-order chi connectivity index (χ1) is 14.1. The number of phosphoric ester groups is 1. The van der Waals surface area contributed by atoms with Gasteiger partial charge in [0.25, 0.3) is 0 Å². The van der Waals surface area contributed by atoms with Crippen LogP contribution in [-0.2, 0) is 14.7 Å². The van der Waals surface area contributed by atoms with Crippen LogP contribution in [0.2, 0.25) is 0 Å². The summed E-state index contributed by atoms with van der Waals surface area (Å²) in [7, 11) is -4.85. The molecule has 3 aromatic rings. The van der Waals surface area contributed by atoms with Gasteiger partial charge in [0.15, 0.2) is 5.60 Å². The zero-order chi connectivity index (χ0) is 21.9. The van der Waals surface area contributed by atoms with E-state index in [0.29, 0.717) is 28.5 Å². The Bertz CT molecular complexity index is 952. The fraction of sp³-hybridized carbons (Fsp3) is 0.280. The Kier molecular flexibility index (Phi) is 6.64. The molecule has 0 saturated carbocycles. The summed E-state index contributed by atoms with van der Waals surface area (Å²) in [6.45, 7) is 8.43. The van der Waals surface area contributed by atoms with Crippen molar-refractivity contribution < 1.29 is 18.9 Å². The molecule has 0 aromatic heterocycles. The topological polar surface area (TPSA) is 66.8 Å². The van der Waals surface area contributed by atoms with Gasteiger partial charge in [-0.2, -0.15) is 0 Å². The summed E-state index contributed by atoms with van der Waals surface area (Å²) in [5.41, 5.74) is 2.84. The van der Waals surface area contributed by atoms with Gasteiger partial charge in [0, 0.05) is 0 Å². The van der Waals surface area contributed by atoms with E-state index in [1.165, 1.54) is 0 Å². The lowest BCUT2D eigenvalue weighted by atomic mass is 9.79. The van der Waals surface area contributed by atoms with Gasteiger partial charge in [0.05, 0.1) is 0 Å². The largest absolute Gasteiger partial charge is 0.471 e. The second-order valence-corrected chi connectivity index (χ2v) is 9.35. The average molecular weight is 424 g/mol. The molecule has 3 rings (SSSR count). The smallest absolute Gasteiger partial charge is 0.303 e. The number of hydrogen-bond acceptors (Lipinski definition) is 2. The summed E-state index contributed by atoms with van der Waals surface area (Å²) in [5.74, 6) is 0.691. The molecule has 0 spiro atoms. The number of hydrogen-bond donors (Lipinski definition) is 2. The lowest BCUT2D eigenvalue weighted by Crippen LogP contribution is -2.32. The summed E-state index contributed by atoms with van der Waals surface area (Å²) in [6, 6.07) is 24.8. The highest BCUT2D eigenvalue weighted by Gasteiger charge is 2.43. The van der Waals surface area contributed by atoms with Gasteiger partial charge in [-0.05, 0) is 39.7 Å². The van der Waals surface area contributed by atoms with Gasteiger partial charge in [-0.15, -0.1) is 0 Å². The van der Waals surface area contributed by atoms with E-state index in [2.05, 4.69) is 27.7 Å². The maximum absolute atomic E-state index is 12.2. The first-order valence-corrected chi connectivity index (χ1v) is 11.7. The lowest BCUT2D eigenvalue weighted by molar-refractivity contribution is 0.0975. The van der Waals surface area contributed by atoms with E-state index in [1.807, 2.05) is 78.9 Å². The molecule has 0 fully saturated rings. The van der Waals surface area contributed by atoms with Crippen LogP contribution in [0.1, 0.15) is 67.3 Å². The first kappa shape index (κ1) is 22.5. The van der Waals surface area contributed by atoms with Crippen LogP contribution in [0.4, 0.5) is 0 Å². The third kappa shape index (κ3) is 4.74.